The van der Waals surface area contributed by atoms with Crippen molar-refractivity contribution in [3.8, 4) is 0 Å². The molecule has 0 unspecified atom stereocenters. The summed E-state index contributed by atoms with van der Waals surface area (Å²) < 4.78 is 0. The van der Waals surface area contributed by atoms with Gasteiger partial charge in [-0.1, -0.05) is 59.3 Å². The zero-order chi connectivity index (χ0) is 16.8. The van der Waals surface area contributed by atoms with E-state index in [1.165, 1.54) is 32.1 Å². The lowest BCUT2D eigenvalue weighted by molar-refractivity contribution is -0.138. The van der Waals surface area contributed by atoms with E-state index in [1.807, 2.05) is 0 Å². The molecule has 1 atom stereocenters. The Morgan fingerprint density at radius 2 is 1.59 bits per heavy atom. The van der Waals surface area contributed by atoms with Crippen molar-refractivity contribution in [1.82, 2.24) is 5.32 Å². The number of nitrogens with one attached hydrogen (secondary N) is 1. The molecule has 4 nitrogen and oxygen atoms in total. The van der Waals surface area contributed by atoms with Gasteiger partial charge in [-0.2, -0.15) is 0 Å². The zero-order valence-electron chi connectivity index (χ0n) is 14.7. The number of unbranched alkanes of at least 4 members (excludes halogenated alkanes) is 6. The molecule has 1 amide bonds. The Kier molecular flexibility index (Phi) is 12.9. The van der Waals surface area contributed by atoms with Gasteiger partial charge < -0.3 is 10.4 Å². The van der Waals surface area contributed by atoms with Crippen LogP contribution in [0.1, 0.15) is 85.0 Å². The molecule has 0 aromatic carbocycles. The first-order valence-corrected chi connectivity index (χ1v) is 8.94. The smallest absolute Gasteiger partial charge is 0.303 e. The van der Waals surface area contributed by atoms with Gasteiger partial charge in [0.15, 0.2) is 0 Å². The van der Waals surface area contributed by atoms with Crippen molar-refractivity contribution in [2.75, 3.05) is 6.54 Å². The molecule has 0 aliphatic carbocycles. The Bertz CT molecular complexity index is 303. The lowest BCUT2D eigenvalue weighted by Crippen LogP contribution is -2.30. The average Bonchev–Trinajstić information content (AvgIpc) is 2.42. The van der Waals surface area contributed by atoms with Crippen LogP contribution in [0.5, 0.6) is 0 Å². The highest BCUT2D eigenvalue weighted by Gasteiger charge is 2.15. The highest BCUT2D eigenvalue weighted by molar-refractivity contribution is 5.75. The first-order chi connectivity index (χ1) is 10.5. The second-order valence-corrected chi connectivity index (χ2v) is 6.77. The predicted octanol–water partition coefficient (Wildman–Crippen LogP) is 4.38. The summed E-state index contributed by atoms with van der Waals surface area (Å²) in [5.74, 6) is -0.237. The molecule has 0 saturated carbocycles. The quantitative estimate of drug-likeness (QED) is 0.468. The average molecular weight is 313 g/mol. The number of carboxylic acid groups (broad SMARTS) is 1. The van der Waals surface area contributed by atoms with Gasteiger partial charge in [0.25, 0.3) is 0 Å². The Morgan fingerprint density at radius 1 is 1.00 bits per heavy atom. The van der Waals surface area contributed by atoms with Gasteiger partial charge in [0.2, 0.25) is 5.91 Å². The third kappa shape index (κ3) is 13.9. The molecule has 0 fully saturated rings. The number of carbonyl (C=O) groups is 2. The van der Waals surface area contributed by atoms with Crippen LogP contribution < -0.4 is 5.32 Å². The Balaban J connectivity index is 3.73. The van der Waals surface area contributed by atoms with E-state index in [4.69, 9.17) is 5.11 Å². The molecule has 0 bridgehead atoms. The molecule has 0 aromatic rings. The number of rotatable bonds is 14. The van der Waals surface area contributed by atoms with Crippen molar-refractivity contribution >= 4 is 11.9 Å². The Labute approximate surface area is 136 Å². The maximum Gasteiger partial charge on any atom is 0.303 e. The predicted molar refractivity (Wildman–Crippen MR) is 90.8 cm³/mol. The van der Waals surface area contributed by atoms with Crippen molar-refractivity contribution in [2.24, 2.45) is 11.8 Å². The lowest BCUT2D eigenvalue weighted by Gasteiger charge is -2.17. The van der Waals surface area contributed by atoms with Gasteiger partial charge in [0, 0.05) is 19.4 Å². The van der Waals surface area contributed by atoms with E-state index in [1.54, 1.807) is 0 Å². The van der Waals surface area contributed by atoms with E-state index >= 15 is 0 Å². The highest BCUT2D eigenvalue weighted by atomic mass is 16.4. The van der Waals surface area contributed by atoms with Crippen LogP contribution in [-0.2, 0) is 9.59 Å². The van der Waals surface area contributed by atoms with Crippen LogP contribution in [0.25, 0.3) is 0 Å². The molecule has 0 heterocycles. The van der Waals surface area contributed by atoms with Gasteiger partial charge in [0.1, 0.15) is 0 Å². The standard InChI is InChI=1S/C18H35NO3/c1-4-5-6-7-8-9-10-11-17(20)19-14-16(12-15(2)3)13-18(21)22/h15-16H,4-14H2,1-3H3,(H,19,20)(H,21,22)/t16-/m0/s1. The van der Waals surface area contributed by atoms with Crippen LogP contribution in [0.2, 0.25) is 0 Å². The normalized spacial score (nSPS) is 12.4. The number of hydrogen-bond donors (Lipinski definition) is 2. The van der Waals surface area contributed by atoms with Gasteiger partial charge in [-0.25, -0.2) is 0 Å². The van der Waals surface area contributed by atoms with E-state index in [0.717, 1.165) is 19.3 Å². The molecule has 4 heteroatoms. The SMILES string of the molecule is CCCCCCCCCC(=O)NC[C@H](CC(=O)O)CC(C)C. The Morgan fingerprint density at radius 3 is 2.14 bits per heavy atom. The third-order valence-electron chi connectivity index (χ3n) is 3.86. The molecular weight excluding hydrogens is 278 g/mol. The molecule has 0 saturated heterocycles. The van der Waals surface area contributed by atoms with Crippen LogP contribution >= 0.6 is 0 Å². The van der Waals surface area contributed by atoms with Crippen molar-refractivity contribution < 1.29 is 14.7 Å². The van der Waals surface area contributed by atoms with Crippen LogP contribution in [0.3, 0.4) is 0 Å². The minimum absolute atomic E-state index is 0.0375. The fourth-order valence-electron chi connectivity index (χ4n) is 2.74. The van der Waals surface area contributed by atoms with E-state index < -0.39 is 5.97 Å². The minimum Gasteiger partial charge on any atom is -0.481 e. The van der Waals surface area contributed by atoms with Crippen molar-refractivity contribution in [1.29, 1.82) is 0 Å². The number of aliphatic carboxylic acids is 1. The molecule has 0 aliphatic heterocycles. The summed E-state index contributed by atoms with van der Waals surface area (Å²) in [6.45, 7) is 6.85. The number of carbonyl (C=O) groups excluding carboxylic acids is 1. The molecule has 0 spiro atoms. The van der Waals surface area contributed by atoms with Crippen LogP contribution in [0.15, 0.2) is 0 Å². The van der Waals surface area contributed by atoms with Gasteiger partial charge >= 0.3 is 5.97 Å². The zero-order valence-corrected chi connectivity index (χ0v) is 14.7. The molecule has 22 heavy (non-hydrogen) atoms. The summed E-state index contributed by atoms with van der Waals surface area (Å²) in [6, 6.07) is 0. The van der Waals surface area contributed by atoms with Gasteiger partial charge in [-0.15, -0.1) is 0 Å². The van der Waals surface area contributed by atoms with Crippen molar-refractivity contribution in [3.63, 3.8) is 0 Å². The van der Waals surface area contributed by atoms with Crippen LogP contribution in [0, 0.1) is 11.8 Å². The number of hydrogen-bond acceptors (Lipinski definition) is 2. The molecular formula is C18H35NO3. The summed E-state index contributed by atoms with van der Waals surface area (Å²) in [4.78, 5) is 22.6. The van der Waals surface area contributed by atoms with Gasteiger partial charge in [-0.3, -0.25) is 9.59 Å². The van der Waals surface area contributed by atoms with Crippen molar-refractivity contribution in [3.05, 3.63) is 0 Å². The fourth-order valence-corrected chi connectivity index (χ4v) is 2.74. The van der Waals surface area contributed by atoms with Gasteiger partial charge in [-0.05, 0) is 24.7 Å². The Hall–Kier alpha value is -1.06. The molecule has 0 aromatic heterocycles. The third-order valence-corrected chi connectivity index (χ3v) is 3.86. The van der Waals surface area contributed by atoms with E-state index in [0.29, 0.717) is 18.9 Å². The second-order valence-electron chi connectivity index (χ2n) is 6.77. The summed E-state index contributed by atoms with van der Waals surface area (Å²) >= 11 is 0. The molecule has 130 valence electrons. The largest absolute Gasteiger partial charge is 0.481 e. The second kappa shape index (κ2) is 13.6. The molecule has 0 radical (unpaired) electrons. The summed E-state index contributed by atoms with van der Waals surface area (Å²) in [5, 5.41) is 11.8. The molecule has 0 aliphatic rings. The van der Waals surface area contributed by atoms with Crippen molar-refractivity contribution in [2.45, 2.75) is 85.0 Å². The lowest BCUT2D eigenvalue weighted by atomic mass is 9.94. The topological polar surface area (TPSA) is 66.4 Å². The first-order valence-electron chi connectivity index (χ1n) is 8.94. The monoisotopic (exact) mass is 313 g/mol. The minimum atomic E-state index is -0.785. The fraction of sp³-hybridized carbons (Fsp3) is 0.889. The summed E-state index contributed by atoms with van der Waals surface area (Å²) in [5.41, 5.74) is 0. The summed E-state index contributed by atoms with van der Waals surface area (Å²) in [7, 11) is 0. The highest BCUT2D eigenvalue weighted by Crippen LogP contribution is 2.15. The number of amides is 1. The number of carboxylic acids is 1. The van der Waals surface area contributed by atoms with Crippen LogP contribution in [0.4, 0.5) is 0 Å². The molecule has 0 rings (SSSR count). The van der Waals surface area contributed by atoms with Crippen LogP contribution in [-0.4, -0.2) is 23.5 Å². The maximum atomic E-state index is 11.8. The molecule has 2 N–H and O–H groups in total. The van der Waals surface area contributed by atoms with E-state index in [2.05, 4.69) is 26.1 Å². The summed E-state index contributed by atoms with van der Waals surface area (Å²) in [6.07, 6.45) is 9.93. The first kappa shape index (κ1) is 20.9. The van der Waals surface area contributed by atoms with Gasteiger partial charge in [0.05, 0.1) is 0 Å². The van der Waals surface area contributed by atoms with E-state index in [-0.39, 0.29) is 18.2 Å². The van der Waals surface area contributed by atoms with E-state index in [9.17, 15) is 9.59 Å². The maximum absolute atomic E-state index is 11.8.